The molecule has 0 radical (unpaired) electrons. The first kappa shape index (κ1) is 15.0. The van der Waals surface area contributed by atoms with Gasteiger partial charge in [0, 0.05) is 12.8 Å². The summed E-state index contributed by atoms with van der Waals surface area (Å²) in [6.45, 7) is 1.94. The van der Waals surface area contributed by atoms with E-state index >= 15 is 0 Å². The van der Waals surface area contributed by atoms with E-state index in [4.69, 9.17) is 5.73 Å². The number of hydrogen-bond acceptors (Lipinski definition) is 3. The summed E-state index contributed by atoms with van der Waals surface area (Å²) in [6.07, 6.45) is 1.12. The summed E-state index contributed by atoms with van der Waals surface area (Å²) >= 11 is 0. The first-order valence-corrected chi connectivity index (χ1v) is 6.91. The smallest absolute Gasteiger partial charge is 0.243 e. The van der Waals surface area contributed by atoms with Crippen LogP contribution in [0.2, 0.25) is 0 Å². The molecule has 6 heteroatoms. The molecule has 1 aromatic rings. The number of nitrogens with one attached hydrogen (secondary N) is 2. The third kappa shape index (κ3) is 3.81. The molecule has 0 aliphatic carbocycles. The summed E-state index contributed by atoms with van der Waals surface area (Å²) in [5.74, 6) is -1.10. The first-order chi connectivity index (χ1) is 9.97. The second-order valence-electron chi connectivity index (χ2n) is 5.25. The average Bonchev–Trinajstić information content (AvgIpc) is 2.87. The van der Waals surface area contributed by atoms with Crippen LogP contribution in [0.25, 0.3) is 0 Å². The number of carbonyl (C=O) groups is 3. The van der Waals surface area contributed by atoms with Crippen molar-refractivity contribution in [2.45, 2.75) is 38.3 Å². The molecule has 1 aliphatic rings. The Bertz CT molecular complexity index is 571. The minimum absolute atomic E-state index is 0.148. The zero-order valence-electron chi connectivity index (χ0n) is 11.9. The van der Waals surface area contributed by atoms with Crippen molar-refractivity contribution in [1.82, 2.24) is 10.6 Å². The van der Waals surface area contributed by atoms with E-state index in [9.17, 15) is 14.4 Å². The lowest BCUT2D eigenvalue weighted by Crippen LogP contribution is -2.51. The Labute approximate surface area is 123 Å². The molecule has 0 saturated carbocycles. The van der Waals surface area contributed by atoms with Gasteiger partial charge in [-0.25, -0.2) is 0 Å². The molecule has 2 atom stereocenters. The first-order valence-electron chi connectivity index (χ1n) is 6.91. The van der Waals surface area contributed by atoms with Gasteiger partial charge < -0.3 is 16.4 Å². The van der Waals surface area contributed by atoms with Gasteiger partial charge in [-0.15, -0.1) is 0 Å². The molecular formula is C15H19N3O3. The summed E-state index contributed by atoms with van der Waals surface area (Å²) < 4.78 is 0. The molecule has 1 fully saturated rings. The Morgan fingerprint density at radius 3 is 2.71 bits per heavy atom. The van der Waals surface area contributed by atoms with Crippen LogP contribution < -0.4 is 16.4 Å². The van der Waals surface area contributed by atoms with Gasteiger partial charge in [0.2, 0.25) is 17.7 Å². The van der Waals surface area contributed by atoms with Crippen LogP contribution in [0.5, 0.6) is 0 Å². The molecule has 1 aromatic carbocycles. The SMILES string of the molecule is Cc1ccccc1C[C@H](NC(=O)[C@H]1CCC(=O)N1)C(N)=O. The van der Waals surface area contributed by atoms with Crippen LogP contribution in [0.3, 0.4) is 0 Å². The lowest BCUT2D eigenvalue weighted by atomic mass is 10.0. The summed E-state index contributed by atoms with van der Waals surface area (Å²) in [6, 6.07) is 6.26. The van der Waals surface area contributed by atoms with Crippen molar-refractivity contribution in [1.29, 1.82) is 0 Å². The lowest BCUT2D eigenvalue weighted by Gasteiger charge is -2.19. The van der Waals surface area contributed by atoms with Crippen molar-refractivity contribution in [3.05, 3.63) is 35.4 Å². The fourth-order valence-corrected chi connectivity index (χ4v) is 2.36. The molecule has 1 saturated heterocycles. The van der Waals surface area contributed by atoms with Crippen LogP contribution in [0.15, 0.2) is 24.3 Å². The summed E-state index contributed by atoms with van der Waals surface area (Å²) in [4.78, 5) is 34.7. The maximum atomic E-state index is 12.0. The van der Waals surface area contributed by atoms with E-state index in [0.717, 1.165) is 11.1 Å². The normalized spacial score (nSPS) is 18.9. The molecule has 21 heavy (non-hydrogen) atoms. The monoisotopic (exact) mass is 289 g/mol. The molecule has 0 bridgehead atoms. The molecule has 0 aromatic heterocycles. The van der Waals surface area contributed by atoms with Crippen molar-refractivity contribution < 1.29 is 14.4 Å². The quantitative estimate of drug-likeness (QED) is 0.699. The minimum atomic E-state index is -0.781. The fourth-order valence-electron chi connectivity index (χ4n) is 2.36. The van der Waals surface area contributed by atoms with Gasteiger partial charge in [-0.2, -0.15) is 0 Å². The summed E-state index contributed by atoms with van der Waals surface area (Å²) in [7, 11) is 0. The Morgan fingerprint density at radius 2 is 2.14 bits per heavy atom. The Morgan fingerprint density at radius 1 is 1.43 bits per heavy atom. The number of rotatable bonds is 5. The molecule has 2 rings (SSSR count). The van der Waals surface area contributed by atoms with Gasteiger partial charge in [0.05, 0.1) is 0 Å². The van der Waals surface area contributed by atoms with E-state index in [2.05, 4.69) is 10.6 Å². The fraction of sp³-hybridized carbons (Fsp3) is 0.400. The number of benzene rings is 1. The highest BCUT2D eigenvalue weighted by Gasteiger charge is 2.29. The van der Waals surface area contributed by atoms with Gasteiger partial charge in [0.25, 0.3) is 0 Å². The highest BCUT2D eigenvalue weighted by molar-refractivity contribution is 5.93. The van der Waals surface area contributed by atoms with Crippen molar-refractivity contribution in [2.24, 2.45) is 5.73 Å². The van der Waals surface area contributed by atoms with Crippen LogP contribution in [0.4, 0.5) is 0 Å². The van der Waals surface area contributed by atoms with E-state index in [1.165, 1.54) is 0 Å². The number of aryl methyl sites for hydroxylation is 1. The Kier molecular flexibility index (Phi) is 4.57. The lowest BCUT2D eigenvalue weighted by molar-refractivity contribution is -0.129. The number of primary amides is 1. The Balaban J connectivity index is 2.03. The number of amides is 3. The van der Waals surface area contributed by atoms with Crippen molar-refractivity contribution in [2.75, 3.05) is 0 Å². The molecular weight excluding hydrogens is 270 g/mol. The van der Waals surface area contributed by atoms with Crippen molar-refractivity contribution in [3.8, 4) is 0 Å². The van der Waals surface area contributed by atoms with Crippen molar-refractivity contribution >= 4 is 17.7 Å². The van der Waals surface area contributed by atoms with Gasteiger partial charge in [0.15, 0.2) is 0 Å². The zero-order valence-corrected chi connectivity index (χ0v) is 11.9. The van der Waals surface area contributed by atoms with Crippen molar-refractivity contribution in [3.63, 3.8) is 0 Å². The predicted octanol–water partition coefficient (Wildman–Crippen LogP) is -0.214. The molecule has 0 unspecified atom stereocenters. The molecule has 1 heterocycles. The number of carbonyl (C=O) groups excluding carboxylic acids is 3. The molecule has 1 aliphatic heterocycles. The van der Waals surface area contributed by atoms with Gasteiger partial charge in [-0.1, -0.05) is 24.3 Å². The number of hydrogen-bond donors (Lipinski definition) is 3. The topological polar surface area (TPSA) is 101 Å². The van der Waals surface area contributed by atoms with Gasteiger partial charge in [-0.05, 0) is 24.5 Å². The molecule has 4 N–H and O–H groups in total. The third-order valence-electron chi connectivity index (χ3n) is 3.66. The summed E-state index contributed by atoms with van der Waals surface area (Å²) in [5.41, 5.74) is 7.36. The molecule has 6 nitrogen and oxygen atoms in total. The molecule has 3 amide bonds. The van der Waals surface area contributed by atoms with Crippen LogP contribution in [0, 0.1) is 6.92 Å². The van der Waals surface area contributed by atoms with Crippen LogP contribution in [-0.2, 0) is 20.8 Å². The highest BCUT2D eigenvalue weighted by Crippen LogP contribution is 2.11. The minimum Gasteiger partial charge on any atom is -0.368 e. The van der Waals surface area contributed by atoms with E-state index in [-0.39, 0.29) is 11.8 Å². The average molecular weight is 289 g/mol. The van der Waals surface area contributed by atoms with Crippen LogP contribution >= 0.6 is 0 Å². The largest absolute Gasteiger partial charge is 0.368 e. The second-order valence-corrected chi connectivity index (χ2v) is 5.25. The number of nitrogens with two attached hydrogens (primary N) is 1. The maximum Gasteiger partial charge on any atom is 0.243 e. The molecule has 0 spiro atoms. The third-order valence-corrected chi connectivity index (χ3v) is 3.66. The van der Waals surface area contributed by atoms with Gasteiger partial charge >= 0.3 is 0 Å². The van der Waals surface area contributed by atoms with E-state index < -0.39 is 18.0 Å². The van der Waals surface area contributed by atoms with Crippen LogP contribution in [-0.4, -0.2) is 29.8 Å². The second kappa shape index (κ2) is 6.39. The van der Waals surface area contributed by atoms with Gasteiger partial charge in [-0.3, -0.25) is 14.4 Å². The summed E-state index contributed by atoms with van der Waals surface area (Å²) in [5, 5.41) is 5.20. The highest BCUT2D eigenvalue weighted by atomic mass is 16.2. The van der Waals surface area contributed by atoms with Gasteiger partial charge in [0.1, 0.15) is 12.1 Å². The van der Waals surface area contributed by atoms with E-state index in [1.807, 2.05) is 31.2 Å². The zero-order chi connectivity index (χ0) is 15.4. The predicted molar refractivity (Wildman–Crippen MR) is 77.2 cm³/mol. The standard InChI is InChI=1S/C15H19N3O3/c1-9-4-2-3-5-10(9)8-12(14(16)20)18-15(21)11-6-7-13(19)17-11/h2-5,11-12H,6-8H2,1H3,(H2,16,20)(H,17,19)(H,18,21)/t11-,12+/m1/s1. The van der Waals surface area contributed by atoms with Crippen LogP contribution in [0.1, 0.15) is 24.0 Å². The molecule has 112 valence electrons. The Hall–Kier alpha value is -2.37. The van der Waals surface area contributed by atoms with E-state index in [0.29, 0.717) is 19.3 Å². The maximum absolute atomic E-state index is 12.0. The van der Waals surface area contributed by atoms with E-state index in [1.54, 1.807) is 0 Å².